The van der Waals surface area contributed by atoms with Crippen molar-refractivity contribution in [2.24, 2.45) is 0 Å². The molecule has 0 fully saturated rings. The van der Waals surface area contributed by atoms with Crippen LogP contribution in [0.15, 0.2) is 42.5 Å². The lowest BCUT2D eigenvalue weighted by atomic mass is 10.1. The van der Waals surface area contributed by atoms with Crippen LogP contribution in [0.5, 0.6) is 5.75 Å². The number of hydrogen-bond donors (Lipinski definition) is 2. The maximum absolute atomic E-state index is 11.8. The molecule has 0 saturated heterocycles. The lowest BCUT2D eigenvalue weighted by Crippen LogP contribution is -2.22. The zero-order valence-corrected chi connectivity index (χ0v) is 13.1. The number of nitrogens with one attached hydrogen (secondary N) is 1. The van der Waals surface area contributed by atoms with Crippen LogP contribution in [-0.4, -0.2) is 23.6 Å². The van der Waals surface area contributed by atoms with E-state index in [0.29, 0.717) is 11.3 Å². The van der Waals surface area contributed by atoms with Gasteiger partial charge in [0.2, 0.25) is 0 Å². The van der Waals surface area contributed by atoms with Crippen molar-refractivity contribution >= 4 is 17.6 Å². The number of phenols is 1. The Kier molecular flexibility index (Phi) is 5.36. The van der Waals surface area contributed by atoms with Crippen LogP contribution in [0.4, 0.5) is 5.69 Å². The Labute approximate surface area is 134 Å². The van der Waals surface area contributed by atoms with Gasteiger partial charge in [0.15, 0.2) is 6.61 Å². The van der Waals surface area contributed by atoms with Gasteiger partial charge >= 0.3 is 5.97 Å². The van der Waals surface area contributed by atoms with Crippen LogP contribution in [0.2, 0.25) is 0 Å². The smallest absolute Gasteiger partial charge is 0.310 e. The normalized spacial score (nSPS) is 10.2. The van der Waals surface area contributed by atoms with Crippen molar-refractivity contribution in [2.75, 3.05) is 11.9 Å². The van der Waals surface area contributed by atoms with Gasteiger partial charge in [-0.1, -0.05) is 29.8 Å². The third-order valence-electron chi connectivity index (χ3n) is 3.31. The number of amides is 1. The summed E-state index contributed by atoms with van der Waals surface area (Å²) < 4.78 is 4.96. The quantitative estimate of drug-likeness (QED) is 0.832. The highest BCUT2D eigenvalue weighted by Crippen LogP contribution is 2.16. The second-order valence-corrected chi connectivity index (χ2v) is 5.37. The molecule has 0 saturated carbocycles. The fourth-order valence-electron chi connectivity index (χ4n) is 2.12. The number of hydrogen-bond acceptors (Lipinski definition) is 4. The molecule has 0 bridgehead atoms. The van der Waals surface area contributed by atoms with E-state index in [9.17, 15) is 14.7 Å². The molecule has 0 atom stereocenters. The van der Waals surface area contributed by atoms with Gasteiger partial charge in [-0.25, -0.2) is 0 Å². The van der Waals surface area contributed by atoms with Crippen molar-refractivity contribution in [2.45, 2.75) is 20.3 Å². The average Bonchev–Trinajstić information content (AvgIpc) is 2.50. The van der Waals surface area contributed by atoms with E-state index < -0.39 is 5.97 Å². The topological polar surface area (TPSA) is 75.6 Å². The van der Waals surface area contributed by atoms with Gasteiger partial charge in [-0.05, 0) is 43.2 Å². The molecule has 1 amide bonds. The fraction of sp³-hybridized carbons (Fsp3) is 0.222. The summed E-state index contributed by atoms with van der Waals surface area (Å²) in [5.41, 5.74) is 3.48. The SMILES string of the molecule is Cc1ccc(NC(=O)COC(=O)Cc2ccc(O)cc2)c(C)c1. The second kappa shape index (κ2) is 7.45. The van der Waals surface area contributed by atoms with Crippen molar-refractivity contribution < 1.29 is 19.4 Å². The molecule has 0 aromatic heterocycles. The first kappa shape index (κ1) is 16.5. The highest BCUT2D eigenvalue weighted by Gasteiger charge is 2.10. The fourth-order valence-corrected chi connectivity index (χ4v) is 2.12. The van der Waals surface area contributed by atoms with Gasteiger partial charge in [0.25, 0.3) is 5.91 Å². The van der Waals surface area contributed by atoms with Gasteiger partial charge in [-0.15, -0.1) is 0 Å². The molecule has 23 heavy (non-hydrogen) atoms. The number of carbonyl (C=O) groups excluding carboxylic acids is 2. The minimum absolute atomic E-state index is 0.0527. The monoisotopic (exact) mass is 313 g/mol. The first-order chi connectivity index (χ1) is 10.9. The van der Waals surface area contributed by atoms with Crippen molar-refractivity contribution in [3.8, 4) is 5.75 Å². The zero-order chi connectivity index (χ0) is 16.8. The maximum Gasteiger partial charge on any atom is 0.310 e. The summed E-state index contributed by atoms with van der Waals surface area (Å²) in [6.45, 7) is 3.55. The van der Waals surface area contributed by atoms with Gasteiger partial charge in [0.05, 0.1) is 6.42 Å². The Morgan fingerprint density at radius 2 is 1.78 bits per heavy atom. The van der Waals surface area contributed by atoms with Crippen LogP contribution < -0.4 is 5.32 Å². The number of aromatic hydroxyl groups is 1. The van der Waals surface area contributed by atoms with Crippen molar-refractivity contribution in [3.63, 3.8) is 0 Å². The molecule has 0 unspecified atom stereocenters. The lowest BCUT2D eigenvalue weighted by molar-refractivity contribution is -0.146. The van der Waals surface area contributed by atoms with E-state index in [0.717, 1.165) is 11.1 Å². The van der Waals surface area contributed by atoms with Gasteiger partial charge in [-0.3, -0.25) is 9.59 Å². The van der Waals surface area contributed by atoms with E-state index in [1.165, 1.54) is 12.1 Å². The van der Waals surface area contributed by atoms with Crippen LogP contribution in [0.3, 0.4) is 0 Å². The van der Waals surface area contributed by atoms with E-state index in [4.69, 9.17) is 4.74 Å². The minimum Gasteiger partial charge on any atom is -0.508 e. The second-order valence-electron chi connectivity index (χ2n) is 5.37. The highest BCUT2D eigenvalue weighted by molar-refractivity contribution is 5.93. The standard InChI is InChI=1S/C18H19NO4/c1-12-3-8-16(13(2)9-12)19-17(21)11-23-18(22)10-14-4-6-15(20)7-5-14/h3-9,20H,10-11H2,1-2H3,(H,19,21). The first-order valence-corrected chi connectivity index (χ1v) is 7.24. The van der Waals surface area contributed by atoms with Gasteiger partial charge in [0.1, 0.15) is 5.75 Å². The third kappa shape index (κ3) is 5.14. The van der Waals surface area contributed by atoms with Crippen LogP contribution >= 0.6 is 0 Å². The van der Waals surface area contributed by atoms with E-state index in [2.05, 4.69) is 5.32 Å². The number of ether oxygens (including phenoxy) is 1. The summed E-state index contributed by atoms with van der Waals surface area (Å²) in [4.78, 5) is 23.5. The predicted molar refractivity (Wildman–Crippen MR) is 87.3 cm³/mol. The van der Waals surface area contributed by atoms with E-state index >= 15 is 0 Å². The van der Waals surface area contributed by atoms with Gasteiger partial charge < -0.3 is 15.2 Å². The highest BCUT2D eigenvalue weighted by atomic mass is 16.5. The van der Waals surface area contributed by atoms with Crippen LogP contribution in [-0.2, 0) is 20.7 Å². The van der Waals surface area contributed by atoms with Crippen molar-refractivity contribution in [1.82, 2.24) is 0 Å². The van der Waals surface area contributed by atoms with Crippen molar-refractivity contribution in [1.29, 1.82) is 0 Å². The number of esters is 1. The van der Waals surface area contributed by atoms with Crippen LogP contribution in [0.25, 0.3) is 0 Å². The van der Waals surface area contributed by atoms with Gasteiger partial charge in [0, 0.05) is 5.69 Å². The molecule has 0 spiro atoms. The Bertz CT molecular complexity index is 707. The molecule has 2 N–H and O–H groups in total. The van der Waals surface area contributed by atoms with Crippen LogP contribution in [0.1, 0.15) is 16.7 Å². The minimum atomic E-state index is -0.494. The van der Waals surface area contributed by atoms with E-state index in [1.807, 2.05) is 32.0 Å². The third-order valence-corrected chi connectivity index (χ3v) is 3.31. The molecule has 0 aliphatic rings. The van der Waals surface area contributed by atoms with E-state index in [1.54, 1.807) is 12.1 Å². The summed E-state index contributed by atoms with van der Waals surface area (Å²) in [6, 6.07) is 11.9. The van der Waals surface area contributed by atoms with Crippen molar-refractivity contribution in [3.05, 3.63) is 59.2 Å². The molecule has 2 aromatic carbocycles. The Balaban J connectivity index is 1.81. The summed E-state index contributed by atoms with van der Waals surface area (Å²) in [5.74, 6) is -0.738. The Morgan fingerprint density at radius 3 is 2.43 bits per heavy atom. The van der Waals surface area contributed by atoms with Crippen LogP contribution in [0, 0.1) is 13.8 Å². The summed E-state index contributed by atoms with van der Waals surface area (Å²) in [5, 5.41) is 11.9. The molecule has 120 valence electrons. The molecule has 5 nitrogen and oxygen atoms in total. The van der Waals surface area contributed by atoms with E-state index in [-0.39, 0.29) is 24.7 Å². The number of rotatable bonds is 5. The molecule has 0 radical (unpaired) electrons. The maximum atomic E-state index is 11.8. The molecule has 5 heteroatoms. The summed E-state index contributed by atoms with van der Waals surface area (Å²) >= 11 is 0. The molecule has 0 heterocycles. The molecular weight excluding hydrogens is 294 g/mol. The zero-order valence-electron chi connectivity index (χ0n) is 13.1. The van der Waals surface area contributed by atoms with Gasteiger partial charge in [-0.2, -0.15) is 0 Å². The summed E-state index contributed by atoms with van der Waals surface area (Å²) in [6.07, 6.45) is 0.0527. The number of benzene rings is 2. The Morgan fingerprint density at radius 1 is 1.09 bits per heavy atom. The molecule has 2 rings (SSSR count). The first-order valence-electron chi connectivity index (χ1n) is 7.24. The Hall–Kier alpha value is -2.82. The predicted octanol–water partition coefficient (Wildman–Crippen LogP) is 2.73. The number of aryl methyl sites for hydroxylation is 2. The number of phenolic OH excluding ortho intramolecular Hbond substituents is 1. The molecule has 0 aliphatic carbocycles. The number of carbonyl (C=O) groups is 2. The summed E-state index contributed by atoms with van der Waals surface area (Å²) in [7, 11) is 0. The molecular formula is C18H19NO4. The average molecular weight is 313 g/mol. The lowest BCUT2D eigenvalue weighted by Gasteiger charge is -2.09. The molecule has 0 aliphatic heterocycles. The largest absolute Gasteiger partial charge is 0.508 e. The molecule has 2 aromatic rings. The number of anilines is 1.